The Hall–Kier alpha value is -1.06. The summed E-state index contributed by atoms with van der Waals surface area (Å²) in [6.07, 6.45) is 5.02. The van der Waals surface area contributed by atoms with Crippen molar-refractivity contribution in [1.29, 1.82) is 0 Å². The highest BCUT2D eigenvalue weighted by Crippen LogP contribution is 2.37. The van der Waals surface area contributed by atoms with Crippen LogP contribution < -0.4 is 0 Å². The highest BCUT2D eigenvalue weighted by Gasteiger charge is 2.40. The van der Waals surface area contributed by atoms with Crippen LogP contribution in [0.5, 0.6) is 5.75 Å². The Kier molecular flexibility index (Phi) is 4.71. The van der Waals surface area contributed by atoms with Gasteiger partial charge in [-0.15, -0.1) is 0 Å². The van der Waals surface area contributed by atoms with Crippen LogP contribution >= 0.6 is 0 Å². The molecule has 1 unspecified atom stereocenters. The van der Waals surface area contributed by atoms with Crippen molar-refractivity contribution < 1.29 is 5.11 Å². The van der Waals surface area contributed by atoms with Crippen LogP contribution in [0.1, 0.15) is 31.7 Å². The lowest BCUT2D eigenvalue weighted by atomic mass is 9.75. The second-order valence-electron chi connectivity index (χ2n) is 6.61. The second kappa shape index (κ2) is 6.15. The number of benzene rings is 1. The van der Waals surface area contributed by atoms with Crippen molar-refractivity contribution in [3.8, 4) is 5.75 Å². The van der Waals surface area contributed by atoms with Crippen LogP contribution in [0.4, 0.5) is 0 Å². The van der Waals surface area contributed by atoms with Crippen molar-refractivity contribution in [3.63, 3.8) is 0 Å². The Morgan fingerprint density at radius 1 is 1.15 bits per heavy atom. The van der Waals surface area contributed by atoms with Gasteiger partial charge in [0.15, 0.2) is 0 Å². The van der Waals surface area contributed by atoms with Gasteiger partial charge in [0, 0.05) is 18.1 Å². The van der Waals surface area contributed by atoms with Crippen LogP contribution in [0.15, 0.2) is 24.3 Å². The molecule has 0 aromatic heterocycles. The lowest BCUT2D eigenvalue weighted by Crippen LogP contribution is -2.57. The summed E-state index contributed by atoms with van der Waals surface area (Å²) < 4.78 is 0. The summed E-state index contributed by atoms with van der Waals surface area (Å²) in [7, 11) is 6.64. The van der Waals surface area contributed by atoms with Gasteiger partial charge in [-0.25, -0.2) is 0 Å². The van der Waals surface area contributed by atoms with E-state index < -0.39 is 0 Å². The molecule has 1 saturated carbocycles. The fraction of sp³-hybridized carbons (Fsp3) is 0.647. The number of hydrogen-bond acceptors (Lipinski definition) is 3. The molecule has 3 heteroatoms. The van der Waals surface area contributed by atoms with Crippen LogP contribution in [0.3, 0.4) is 0 Å². The fourth-order valence-electron chi connectivity index (χ4n) is 3.08. The van der Waals surface area contributed by atoms with Crippen molar-refractivity contribution in [3.05, 3.63) is 29.8 Å². The van der Waals surface area contributed by atoms with Gasteiger partial charge in [-0.05, 0) is 71.4 Å². The summed E-state index contributed by atoms with van der Waals surface area (Å²) in [5.74, 6) is 0.343. The van der Waals surface area contributed by atoms with Crippen molar-refractivity contribution in [2.75, 3.05) is 27.7 Å². The zero-order valence-electron chi connectivity index (χ0n) is 13.3. The fourth-order valence-corrected chi connectivity index (χ4v) is 3.08. The third kappa shape index (κ3) is 3.33. The quantitative estimate of drug-likeness (QED) is 0.865. The monoisotopic (exact) mass is 276 g/mol. The molecule has 1 N–H and O–H groups in total. The molecule has 3 nitrogen and oxygen atoms in total. The highest BCUT2D eigenvalue weighted by molar-refractivity contribution is 5.26. The zero-order valence-corrected chi connectivity index (χ0v) is 13.3. The van der Waals surface area contributed by atoms with Gasteiger partial charge in [0.05, 0.1) is 0 Å². The van der Waals surface area contributed by atoms with E-state index in [1.807, 2.05) is 12.1 Å². The third-order valence-electron chi connectivity index (χ3n) is 5.00. The maximum Gasteiger partial charge on any atom is 0.115 e. The van der Waals surface area contributed by atoms with E-state index in [4.69, 9.17) is 0 Å². The Bertz CT molecular complexity index is 423. The molecular weight excluding hydrogens is 248 g/mol. The summed E-state index contributed by atoms with van der Waals surface area (Å²) in [5, 5.41) is 9.34. The van der Waals surface area contributed by atoms with E-state index in [0.29, 0.717) is 17.3 Å². The molecule has 0 saturated heterocycles. The van der Waals surface area contributed by atoms with E-state index in [9.17, 15) is 5.11 Å². The predicted molar refractivity (Wildman–Crippen MR) is 84.2 cm³/mol. The molecule has 0 bridgehead atoms. The van der Waals surface area contributed by atoms with E-state index in [2.05, 4.69) is 37.9 Å². The van der Waals surface area contributed by atoms with Crippen molar-refractivity contribution in [2.45, 2.75) is 44.2 Å². The Balaban J connectivity index is 1.91. The van der Waals surface area contributed by atoms with E-state index in [1.165, 1.54) is 24.8 Å². The smallest absolute Gasteiger partial charge is 0.115 e. The summed E-state index contributed by atoms with van der Waals surface area (Å²) in [4.78, 5) is 4.88. The van der Waals surface area contributed by atoms with Crippen molar-refractivity contribution in [2.24, 2.45) is 0 Å². The first-order chi connectivity index (χ1) is 9.43. The summed E-state index contributed by atoms with van der Waals surface area (Å²) in [6, 6.07) is 8.09. The van der Waals surface area contributed by atoms with Crippen LogP contribution in [-0.2, 0) is 6.42 Å². The SMILES string of the molecule is CC(Cc1ccc(O)cc1)N(C)CC1(N(C)C)CCC1. The van der Waals surface area contributed by atoms with E-state index in [1.54, 1.807) is 12.1 Å². The van der Waals surface area contributed by atoms with Gasteiger partial charge in [-0.1, -0.05) is 12.1 Å². The van der Waals surface area contributed by atoms with Crippen molar-refractivity contribution in [1.82, 2.24) is 9.80 Å². The van der Waals surface area contributed by atoms with Crippen molar-refractivity contribution >= 4 is 0 Å². The first kappa shape index (κ1) is 15.3. The molecule has 1 fully saturated rings. The van der Waals surface area contributed by atoms with Gasteiger partial charge in [0.1, 0.15) is 5.75 Å². The van der Waals surface area contributed by atoms with E-state index in [0.717, 1.165) is 13.0 Å². The van der Waals surface area contributed by atoms with Gasteiger partial charge in [0.25, 0.3) is 0 Å². The first-order valence-corrected chi connectivity index (χ1v) is 7.58. The normalized spacial score (nSPS) is 19.1. The van der Waals surface area contributed by atoms with E-state index >= 15 is 0 Å². The number of likely N-dealkylation sites (N-methyl/N-ethyl adjacent to an activating group) is 2. The number of phenolic OH excluding ortho intramolecular Hbond substituents is 1. The Morgan fingerprint density at radius 2 is 1.75 bits per heavy atom. The molecule has 1 aliphatic rings. The Morgan fingerprint density at radius 3 is 2.20 bits per heavy atom. The average molecular weight is 276 g/mol. The maximum absolute atomic E-state index is 9.34. The van der Waals surface area contributed by atoms with Crippen LogP contribution in [0, 0.1) is 0 Å². The number of nitrogens with zero attached hydrogens (tertiary/aromatic N) is 2. The molecule has 0 spiro atoms. The molecule has 1 atom stereocenters. The Labute approximate surface area is 123 Å². The minimum absolute atomic E-state index is 0.343. The molecule has 112 valence electrons. The molecule has 1 aromatic carbocycles. The topological polar surface area (TPSA) is 26.7 Å². The molecule has 0 amide bonds. The van der Waals surface area contributed by atoms with Gasteiger partial charge in [-0.2, -0.15) is 0 Å². The molecule has 0 heterocycles. The van der Waals surface area contributed by atoms with Crippen LogP contribution in [0.25, 0.3) is 0 Å². The summed E-state index contributed by atoms with van der Waals surface area (Å²) >= 11 is 0. The van der Waals surface area contributed by atoms with Gasteiger partial charge in [-0.3, -0.25) is 0 Å². The van der Waals surface area contributed by atoms with Crippen LogP contribution in [-0.4, -0.2) is 54.2 Å². The van der Waals surface area contributed by atoms with Gasteiger partial charge < -0.3 is 14.9 Å². The highest BCUT2D eigenvalue weighted by atomic mass is 16.3. The first-order valence-electron chi connectivity index (χ1n) is 7.58. The largest absolute Gasteiger partial charge is 0.508 e. The number of phenols is 1. The van der Waals surface area contributed by atoms with Gasteiger partial charge >= 0.3 is 0 Å². The van der Waals surface area contributed by atoms with E-state index in [-0.39, 0.29) is 0 Å². The average Bonchev–Trinajstić information content (AvgIpc) is 2.35. The number of hydrogen-bond donors (Lipinski definition) is 1. The van der Waals surface area contributed by atoms with Gasteiger partial charge in [0.2, 0.25) is 0 Å². The summed E-state index contributed by atoms with van der Waals surface area (Å²) in [5.41, 5.74) is 1.67. The molecule has 1 aliphatic carbocycles. The molecule has 1 aromatic rings. The summed E-state index contributed by atoms with van der Waals surface area (Å²) in [6.45, 7) is 3.42. The zero-order chi connectivity index (χ0) is 14.8. The number of aromatic hydroxyl groups is 1. The molecule has 2 rings (SSSR count). The molecule has 0 aliphatic heterocycles. The molecule has 20 heavy (non-hydrogen) atoms. The standard InChI is InChI=1S/C17H28N2O/c1-14(12-15-6-8-16(20)9-7-15)19(4)13-17(18(2)3)10-5-11-17/h6-9,14,20H,5,10-13H2,1-4H3. The number of rotatable bonds is 6. The maximum atomic E-state index is 9.34. The minimum Gasteiger partial charge on any atom is -0.508 e. The third-order valence-corrected chi connectivity index (χ3v) is 5.00. The molecule has 0 radical (unpaired) electrons. The predicted octanol–water partition coefficient (Wildman–Crippen LogP) is 2.74. The lowest BCUT2D eigenvalue weighted by molar-refractivity contribution is 0.0182. The van der Waals surface area contributed by atoms with Crippen LogP contribution in [0.2, 0.25) is 0 Å². The molecular formula is C17H28N2O. The lowest BCUT2D eigenvalue weighted by Gasteiger charge is -2.50. The second-order valence-corrected chi connectivity index (χ2v) is 6.61. The minimum atomic E-state index is 0.343.